The van der Waals surface area contributed by atoms with Crippen LogP contribution in [-0.4, -0.2) is 53.7 Å². The van der Waals surface area contributed by atoms with Gasteiger partial charge in [0.05, 0.1) is 12.4 Å². The van der Waals surface area contributed by atoms with E-state index in [1.54, 1.807) is 60.7 Å². The SMILES string of the molecule is N=C(N)[C@@](CO)(C(=O)N[C@@H](CCc1ccccc1)C(N)=O)N(Cc1ccccc1)S(=O)(=O)Cc1ccccc1. The molecular weight excluding hydrogens is 518 g/mol. The number of aryl methyl sites for hydroxylation is 1. The van der Waals surface area contributed by atoms with Crippen molar-refractivity contribution in [1.29, 1.82) is 5.41 Å². The molecule has 0 fully saturated rings. The number of amides is 2. The van der Waals surface area contributed by atoms with Crippen molar-refractivity contribution in [3.8, 4) is 0 Å². The second-order valence-electron chi connectivity index (χ2n) is 9.12. The minimum absolute atomic E-state index is 0.111. The molecule has 0 heterocycles. The van der Waals surface area contributed by atoms with Gasteiger partial charge in [-0.25, -0.2) is 8.42 Å². The van der Waals surface area contributed by atoms with Crippen LogP contribution in [0.4, 0.5) is 0 Å². The van der Waals surface area contributed by atoms with E-state index in [2.05, 4.69) is 5.32 Å². The molecule has 0 saturated carbocycles. The second kappa shape index (κ2) is 13.1. The van der Waals surface area contributed by atoms with Crippen LogP contribution in [-0.2, 0) is 38.3 Å². The number of hydrogen-bond donors (Lipinski definition) is 5. The van der Waals surface area contributed by atoms with Crippen LogP contribution in [0.1, 0.15) is 23.1 Å². The van der Waals surface area contributed by atoms with Gasteiger partial charge in [0.2, 0.25) is 15.9 Å². The fourth-order valence-corrected chi connectivity index (χ4v) is 6.04. The van der Waals surface area contributed by atoms with Crippen LogP contribution in [0.25, 0.3) is 0 Å². The lowest BCUT2D eigenvalue weighted by Crippen LogP contribution is -2.70. The molecule has 3 aromatic carbocycles. The summed E-state index contributed by atoms with van der Waals surface area (Å²) in [5.41, 5.74) is 10.7. The average Bonchev–Trinajstić information content (AvgIpc) is 2.92. The summed E-state index contributed by atoms with van der Waals surface area (Å²) in [6.07, 6.45) is 0.501. The lowest BCUT2D eigenvalue weighted by Gasteiger charge is -2.40. The van der Waals surface area contributed by atoms with Crippen molar-refractivity contribution in [2.75, 3.05) is 6.61 Å². The van der Waals surface area contributed by atoms with Gasteiger partial charge in [-0.15, -0.1) is 0 Å². The van der Waals surface area contributed by atoms with Crippen LogP contribution in [0.3, 0.4) is 0 Å². The fraction of sp³-hybridized carbons (Fsp3) is 0.250. The number of nitrogens with two attached hydrogens (primary N) is 2. The molecule has 0 bridgehead atoms. The Balaban J connectivity index is 2.01. The molecule has 11 heteroatoms. The molecule has 3 rings (SSSR count). The molecule has 7 N–H and O–H groups in total. The zero-order chi connectivity index (χ0) is 28.5. The van der Waals surface area contributed by atoms with Gasteiger partial charge in [-0.3, -0.25) is 15.0 Å². The van der Waals surface area contributed by atoms with E-state index in [1.807, 2.05) is 30.3 Å². The summed E-state index contributed by atoms with van der Waals surface area (Å²) in [4.78, 5) is 26.1. The van der Waals surface area contributed by atoms with Crippen molar-refractivity contribution in [1.82, 2.24) is 9.62 Å². The van der Waals surface area contributed by atoms with Crippen molar-refractivity contribution in [2.24, 2.45) is 11.5 Å². The number of carbonyl (C=O) groups is 2. The number of aliphatic hydroxyl groups is 1. The molecule has 0 aromatic heterocycles. The summed E-state index contributed by atoms with van der Waals surface area (Å²) in [6.45, 7) is -1.51. The van der Waals surface area contributed by atoms with Gasteiger partial charge in [0.15, 0.2) is 5.54 Å². The number of benzene rings is 3. The molecule has 0 aliphatic rings. The van der Waals surface area contributed by atoms with Crippen LogP contribution in [0.5, 0.6) is 0 Å². The molecule has 0 spiro atoms. The van der Waals surface area contributed by atoms with Gasteiger partial charge < -0.3 is 21.9 Å². The summed E-state index contributed by atoms with van der Waals surface area (Å²) in [5, 5.41) is 21.3. The first-order valence-corrected chi connectivity index (χ1v) is 13.9. The summed E-state index contributed by atoms with van der Waals surface area (Å²) in [7, 11) is -4.37. The standard InChI is InChI=1S/C28H33N5O5S/c29-25(35)24(17-16-21-10-4-1-5-11-21)32-27(36)28(20-34,26(30)31)33(18-22-12-6-2-7-13-22)39(37,38)19-23-14-8-3-9-15-23/h1-15,24,34H,16-20H2,(H2,29,35)(H3,30,31)(H,32,36)/t24-,28-/m0/s1. The highest BCUT2D eigenvalue weighted by atomic mass is 32.2. The smallest absolute Gasteiger partial charge is 0.252 e. The Morgan fingerprint density at radius 1 is 0.872 bits per heavy atom. The van der Waals surface area contributed by atoms with Gasteiger partial charge in [-0.1, -0.05) is 91.0 Å². The van der Waals surface area contributed by atoms with E-state index in [0.29, 0.717) is 17.5 Å². The Hall–Kier alpha value is -4.06. The lowest BCUT2D eigenvalue weighted by molar-refractivity contribution is -0.133. The van der Waals surface area contributed by atoms with Gasteiger partial charge in [0.25, 0.3) is 5.91 Å². The summed E-state index contributed by atoms with van der Waals surface area (Å²) in [6, 6.07) is 24.7. The summed E-state index contributed by atoms with van der Waals surface area (Å²) < 4.78 is 28.4. The number of rotatable bonds is 14. The third kappa shape index (κ3) is 7.29. The van der Waals surface area contributed by atoms with Gasteiger partial charge in [-0.05, 0) is 29.5 Å². The monoisotopic (exact) mass is 551 g/mol. The predicted molar refractivity (Wildman–Crippen MR) is 149 cm³/mol. The van der Waals surface area contributed by atoms with Crippen molar-refractivity contribution in [3.05, 3.63) is 108 Å². The number of aliphatic hydroxyl groups excluding tert-OH is 1. The molecule has 0 saturated heterocycles. The van der Waals surface area contributed by atoms with E-state index in [9.17, 15) is 23.1 Å². The van der Waals surface area contributed by atoms with E-state index in [-0.39, 0.29) is 13.0 Å². The zero-order valence-corrected chi connectivity index (χ0v) is 22.2. The van der Waals surface area contributed by atoms with Gasteiger partial charge in [0, 0.05) is 6.54 Å². The van der Waals surface area contributed by atoms with Crippen molar-refractivity contribution in [2.45, 2.75) is 36.7 Å². The normalized spacial score (nSPS) is 13.8. The fourth-order valence-electron chi connectivity index (χ4n) is 4.21. The number of nitrogens with zero attached hydrogens (tertiary/aromatic N) is 1. The summed E-state index contributed by atoms with van der Waals surface area (Å²) >= 11 is 0. The molecule has 3 aromatic rings. The molecule has 0 aliphatic carbocycles. The number of nitrogens with one attached hydrogen (secondary N) is 2. The highest BCUT2D eigenvalue weighted by Gasteiger charge is 2.53. The van der Waals surface area contributed by atoms with Gasteiger partial charge in [-0.2, -0.15) is 4.31 Å². The quantitative estimate of drug-likeness (QED) is 0.149. The Kier molecular flexibility index (Phi) is 9.94. The molecule has 206 valence electrons. The Labute approximate surface area is 228 Å². The number of primary amides is 1. The molecule has 0 radical (unpaired) electrons. The second-order valence-corrected chi connectivity index (χ2v) is 11.0. The first kappa shape index (κ1) is 29.5. The zero-order valence-electron chi connectivity index (χ0n) is 21.4. The lowest BCUT2D eigenvalue weighted by atomic mass is 9.95. The van der Waals surface area contributed by atoms with Crippen molar-refractivity contribution >= 4 is 27.7 Å². The van der Waals surface area contributed by atoms with Gasteiger partial charge >= 0.3 is 0 Å². The summed E-state index contributed by atoms with van der Waals surface area (Å²) in [5.74, 6) is -3.39. The van der Waals surface area contributed by atoms with Crippen LogP contribution in [0.15, 0.2) is 91.0 Å². The first-order chi connectivity index (χ1) is 18.6. The topological polar surface area (TPSA) is 180 Å². The molecule has 0 aliphatic heterocycles. The molecule has 0 unspecified atom stereocenters. The molecule has 2 amide bonds. The molecular formula is C28H33N5O5S. The van der Waals surface area contributed by atoms with E-state index in [4.69, 9.17) is 16.9 Å². The maximum absolute atomic E-state index is 13.8. The molecule has 10 nitrogen and oxygen atoms in total. The number of amidine groups is 1. The van der Waals surface area contributed by atoms with Crippen molar-refractivity contribution in [3.63, 3.8) is 0 Å². The molecule has 2 atom stereocenters. The van der Waals surface area contributed by atoms with E-state index < -0.39 is 51.6 Å². The highest BCUT2D eigenvalue weighted by Crippen LogP contribution is 2.26. The number of carbonyl (C=O) groups excluding carboxylic acids is 2. The van der Waals surface area contributed by atoms with Crippen LogP contribution in [0, 0.1) is 5.41 Å². The average molecular weight is 552 g/mol. The maximum atomic E-state index is 13.8. The third-order valence-electron chi connectivity index (χ3n) is 6.39. The van der Waals surface area contributed by atoms with Crippen LogP contribution >= 0.6 is 0 Å². The van der Waals surface area contributed by atoms with Crippen molar-refractivity contribution < 1.29 is 23.1 Å². The Bertz CT molecular complexity index is 1370. The number of sulfonamides is 1. The number of hydrogen-bond acceptors (Lipinski definition) is 6. The highest BCUT2D eigenvalue weighted by molar-refractivity contribution is 7.88. The third-order valence-corrected chi connectivity index (χ3v) is 8.20. The van der Waals surface area contributed by atoms with E-state index in [0.717, 1.165) is 9.87 Å². The first-order valence-electron chi connectivity index (χ1n) is 12.3. The van der Waals surface area contributed by atoms with E-state index >= 15 is 0 Å². The largest absolute Gasteiger partial charge is 0.393 e. The van der Waals surface area contributed by atoms with Gasteiger partial charge in [0.1, 0.15) is 11.9 Å². The van der Waals surface area contributed by atoms with Crippen LogP contribution in [0.2, 0.25) is 0 Å². The van der Waals surface area contributed by atoms with Crippen LogP contribution < -0.4 is 16.8 Å². The molecule has 39 heavy (non-hydrogen) atoms. The Morgan fingerprint density at radius 3 is 1.82 bits per heavy atom. The Morgan fingerprint density at radius 2 is 1.36 bits per heavy atom. The minimum atomic E-state index is -4.37. The predicted octanol–water partition coefficient (Wildman–Crippen LogP) is 1.29. The van der Waals surface area contributed by atoms with E-state index in [1.165, 1.54) is 0 Å². The maximum Gasteiger partial charge on any atom is 0.252 e. The minimum Gasteiger partial charge on any atom is -0.393 e.